The Bertz CT molecular complexity index is 594. The molecule has 3 aliphatic rings. The number of methoxy groups -OCH3 is 1. The molecule has 0 aromatic heterocycles. The van der Waals surface area contributed by atoms with Crippen molar-refractivity contribution in [2.24, 2.45) is 11.8 Å². The Morgan fingerprint density at radius 2 is 1.86 bits per heavy atom. The lowest BCUT2D eigenvalue weighted by atomic mass is 9.77. The lowest BCUT2D eigenvalue weighted by Gasteiger charge is -2.47. The first kappa shape index (κ1) is 21.4. The summed E-state index contributed by atoms with van der Waals surface area (Å²) in [5, 5.41) is 49.2. The summed E-state index contributed by atoms with van der Waals surface area (Å²) in [5.41, 5.74) is 0.218. The average Bonchev–Trinajstić information content (AvgIpc) is 2.67. The van der Waals surface area contributed by atoms with Crippen molar-refractivity contribution in [3.8, 4) is 0 Å². The van der Waals surface area contributed by atoms with Gasteiger partial charge in [0.2, 0.25) is 6.29 Å². The molecule has 1 unspecified atom stereocenters. The largest absolute Gasteiger partial charge is 0.471 e. The van der Waals surface area contributed by atoms with Crippen LogP contribution in [0.4, 0.5) is 0 Å². The molecule has 0 bridgehead atoms. The standard InChI is InChI=1S/C17H26O11/c1-6-11-7(3-10(19)26-6)8(15(23)24-2)5-25-16(11)28-17-14(22)13(21)12(20)9(4-18)27-17/h5-7,9-14,16-22H,3-4H2,1-2H3/t6-,7+,9+,10?,11+,12+,13-,14+,16-,17-/m0/s1. The summed E-state index contributed by atoms with van der Waals surface area (Å²) < 4.78 is 26.8. The maximum Gasteiger partial charge on any atom is 0.337 e. The Hall–Kier alpha value is -1.31. The van der Waals surface area contributed by atoms with Gasteiger partial charge in [-0.05, 0) is 6.92 Å². The van der Waals surface area contributed by atoms with E-state index in [-0.39, 0.29) is 12.0 Å². The van der Waals surface area contributed by atoms with Crippen molar-refractivity contribution < 1.29 is 54.0 Å². The quantitative estimate of drug-likeness (QED) is 0.315. The van der Waals surface area contributed by atoms with Crippen LogP contribution >= 0.6 is 0 Å². The van der Waals surface area contributed by atoms with Crippen LogP contribution in [0.2, 0.25) is 0 Å². The van der Waals surface area contributed by atoms with Gasteiger partial charge in [-0.25, -0.2) is 4.79 Å². The lowest BCUT2D eigenvalue weighted by Crippen LogP contribution is -2.61. The summed E-state index contributed by atoms with van der Waals surface area (Å²) in [6.45, 7) is 1.08. The number of fused-ring (bicyclic) bond motifs is 1. The van der Waals surface area contributed by atoms with Crippen molar-refractivity contribution in [2.45, 2.75) is 62.7 Å². The van der Waals surface area contributed by atoms with Crippen LogP contribution in [-0.4, -0.2) is 94.6 Å². The van der Waals surface area contributed by atoms with E-state index in [1.54, 1.807) is 6.92 Å². The fraction of sp³-hybridized carbons (Fsp3) is 0.824. The third-order valence-electron chi connectivity index (χ3n) is 5.41. The minimum Gasteiger partial charge on any atom is -0.471 e. The maximum atomic E-state index is 12.1. The Morgan fingerprint density at radius 1 is 1.14 bits per heavy atom. The molecule has 11 nitrogen and oxygen atoms in total. The second kappa shape index (κ2) is 8.59. The van der Waals surface area contributed by atoms with Crippen LogP contribution < -0.4 is 0 Å². The molecule has 10 atom stereocenters. The van der Waals surface area contributed by atoms with Gasteiger partial charge in [-0.15, -0.1) is 0 Å². The SMILES string of the molecule is COC(=O)C1=CO[C@@H](O[C@@H]2O[C@H](CO)[C@@H](O)[C@H](O)[C@H]2O)[C@@H]2[C@H](C)OC(O)C[C@H]12. The fourth-order valence-corrected chi connectivity index (χ4v) is 3.91. The summed E-state index contributed by atoms with van der Waals surface area (Å²) in [5.74, 6) is -1.67. The molecule has 0 amide bonds. The number of esters is 1. The molecule has 0 radical (unpaired) electrons. The van der Waals surface area contributed by atoms with E-state index in [1.807, 2.05) is 0 Å². The topological polar surface area (TPSA) is 164 Å². The lowest BCUT2D eigenvalue weighted by molar-refractivity contribution is -0.352. The monoisotopic (exact) mass is 406 g/mol. The summed E-state index contributed by atoms with van der Waals surface area (Å²) in [7, 11) is 1.23. The number of carbonyl (C=O) groups excluding carboxylic acids is 1. The van der Waals surface area contributed by atoms with E-state index >= 15 is 0 Å². The van der Waals surface area contributed by atoms with E-state index < -0.39 is 73.8 Å². The van der Waals surface area contributed by atoms with Gasteiger partial charge in [0.25, 0.3) is 0 Å². The number of ether oxygens (including phenoxy) is 5. The molecule has 0 aromatic rings. The molecular formula is C17H26O11. The predicted octanol–water partition coefficient (Wildman–Crippen LogP) is -2.42. The first-order valence-electron chi connectivity index (χ1n) is 9.01. The minimum atomic E-state index is -1.60. The number of rotatable bonds is 4. The van der Waals surface area contributed by atoms with E-state index in [0.717, 1.165) is 0 Å². The average molecular weight is 406 g/mol. The van der Waals surface area contributed by atoms with Gasteiger partial charge in [-0.1, -0.05) is 0 Å². The molecule has 0 aliphatic carbocycles. The molecule has 160 valence electrons. The zero-order chi connectivity index (χ0) is 20.6. The highest BCUT2D eigenvalue weighted by Gasteiger charge is 2.51. The predicted molar refractivity (Wildman–Crippen MR) is 88.0 cm³/mol. The number of aliphatic hydroxyl groups is 5. The zero-order valence-corrected chi connectivity index (χ0v) is 15.5. The molecule has 28 heavy (non-hydrogen) atoms. The van der Waals surface area contributed by atoms with Gasteiger partial charge in [0, 0.05) is 12.3 Å². The van der Waals surface area contributed by atoms with Crippen molar-refractivity contribution in [2.75, 3.05) is 13.7 Å². The highest BCUT2D eigenvalue weighted by atomic mass is 16.8. The first-order chi connectivity index (χ1) is 13.3. The molecule has 3 aliphatic heterocycles. The second-order valence-corrected chi connectivity index (χ2v) is 7.12. The third kappa shape index (κ3) is 3.89. The number of aliphatic hydroxyl groups excluding tert-OH is 5. The summed E-state index contributed by atoms with van der Waals surface area (Å²) >= 11 is 0. The van der Waals surface area contributed by atoms with E-state index in [2.05, 4.69) is 0 Å². The molecule has 0 saturated carbocycles. The van der Waals surface area contributed by atoms with Gasteiger partial charge >= 0.3 is 5.97 Å². The zero-order valence-electron chi connectivity index (χ0n) is 15.5. The number of hydrogen-bond acceptors (Lipinski definition) is 11. The molecule has 0 spiro atoms. The number of hydrogen-bond donors (Lipinski definition) is 5. The summed E-state index contributed by atoms with van der Waals surface area (Å²) in [4.78, 5) is 12.1. The molecule has 0 aromatic carbocycles. The second-order valence-electron chi connectivity index (χ2n) is 7.12. The van der Waals surface area contributed by atoms with Crippen LogP contribution in [0.3, 0.4) is 0 Å². The van der Waals surface area contributed by atoms with Crippen molar-refractivity contribution in [1.82, 2.24) is 0 Å². The van der Waals surface area contributed by atoms with Gasteiger partial charge < -0.3 is 49.2 Å². The number of carbonyl (C=O) groups is 1. The molecule has 5 N–H and O–H groups in total. The molecule has 3 rings (SSSR count). The normalized spacial score (nSPS) is 46.2. The van der Waals surface area contributed by atoms with Crippen LogP contribution in [-0.2, 0) is 28.5 Å². The summed E-state index contributed by atoms with van der Waals surface area (Å²) in [6.07, 6.45) is -8.71. The van der Waals surface area contributed by atoms with Crippen molar-refractivity contribution >= 4 is 5.97 Å². The van der Waals surface area contributed by atoms with Crippen LogP contribution in [0, 0.1) is 11.8 Å². The maximum absolute atomic E-state index is 12.1. The van der Waals surface area contributed by atoms with E-state index in [9.17, 15) is 30.3 Å². The Labute approximate surface area is 161 Å². The minimum absolute atomic E-state index is 0.105. The van der Waals surface area contributed by atoms with Crippen LogP contribution in [0.15, 0.2) is 11.8 Å². The highest BCUT2D eigenvalue weighted by Crippen LogP contribution is 2.42. The third-order valence-corrected chi connectivity index (χ3v) is 5.41. The Morgan fingerprint density at radius 3 is 2.50 bits per heavy atom. The van der Waals surface area contributed by atoms with Crippen molar-refractivity contribution in [3.05, 3.63) is 11.8 Å². The van der Waals surface area contributed by atoms with Gasteiger partial charge in [-0.3, -0.25) is 0 Å². The van der Waals surface area contributed by atoms with Gasteiger partial charge in [-0.2, -0.15) is 0 Å². The molecule has 3 heterocycles. The molecule has 2 saturated heterocycles. The fourth-order valence-electron chi connectivity index (χ4n) is 3.91. The molecular weight excluding hydrogens is 380 g/mol. The first-order valence-corrected chi connectivity index (χ1v) is 9.01. The van der Waals surface area contributed by atoms with Gasteiger partial charge in [0.1, 0.15) is 24.4 Å². The van der Waals surface area contributed by atoms with E-state index in [1.165, 1.54) is 13.4 Å². The van der Waals surface area contributed by atoms with E-state index in [0.29, 0.717) is 0 Å². The molecule has 2 fully saturated rings. The van der Waals surface area contributed by atoms with Crippen molar-refractivity contribution in [1.29, 1.82) is 0 Å². The Balaban J connectivity index is 1.81. The smallest absolute Gasteiger partial charge is 0.337 e. The van der Waals surface area contributed by atoms with Crippen LogP contribution in [0.25, 0.3) is 0 Å². The highest BCUT2D eigenvalue weighted by molar-refractivity contribution is 5.88. The summed E-state index contributed by atoms with van der Waals surface area (Å²) in [6, 6.07) is 0. The Kier molecular flexibility index (Phi) is 6.57. The van der Waals surface area contributed by atoms with Gasteiger partial charge in [0.05, 0.1) is 37.6 Å². The van der Waals surface area contributed by atoms with Crippen LogP contribution in [0.1, 0.15) is 13.3 Å². The van der Waals surface area contributed by atoms with Gasteiger partial charge in [0.15, 0.2) is 12.6 Å². The van der Waals surface area contributed by atoms with E-state index in [4.69, 9.17) is 23.7 Å². The van der Waals surface area contributed by atoms with Crippen molar-refractivity contribution in [3.63, 3.8) is 0 Å². The van der Waals surface area contributed by atoms with Crippen LogP contribution in [0.5, 0.6) is 0 Å². The molecule has 11 heteroatoms.